The van der Waals surface area contributed by atoms with Crippen LogP contribution >= 0.6 is 11.6 Å². The summed E-state index contributed by atoms with van der Waals surface area (Å²) in [4.78, 5) is 12.0. The van der Waals surface area contributed by atoms with Gasteiger partial charge in [-0.15, -0.1) is 0 Å². The highest BCUT2D eigenvalue weighted by Gasteiger charge is 2.12. The summed E-state index contributed by atoms with van der Waals surface area (Å²) < 4.78 is 5.87. The van der Waals surface area contributed by atoms with E-state index in [1.54, 1.807) is 0 Å². The topological polar surface area (TPSA) is 50.4 Å². The van der Waals surface area contributed by atoms with Crippen LogP contribution in [-0.2, 0) is 6.42 Å². The van der Waals surface area contributed by atoms with Gasteiger partial charge in [-0.05, 0) is 42.5 Å². The quantitative estimate of drug-likeness (QED) is 0.701. The van der Waals surface area contributed by atoms with Crippen LogP contribution in [0.4, 0.5) is 4.79 Å². The van der Waals surface area contributed by atoms with E-state index in [1.165, 1.54) is 0 Å². The fourth-order valence-electron chi connectivity index (χ4n) is 2.53. The number of carbonyl (C=O) groups is 1. The second-order valence-electron chi connectivity index (χ2n) is 6.19. The molecule has 1 atom stereocenters. The third-order valence-electron chi connectivity index (χ3n) is 3.82. The molecule has 4 nitrogen and oxygen atoms in total. The Hall–Kier alpha value is -2.20. The molecule has 0 aliphatic heterocycles. The zero-order valence-corrected chi connectivity index (χ0v) is 15.6. The number of carbonyl (C=O) groups excluding carboxylic acids is 1. The van der Waals surface area contributed by atoms with E-state index in [0.29, 0.717) is 23.9 Å². The molecule has 2 amide bonds. The number of ether oxygens (including phenoxy) is 1. The minimum Gasteiger partial charge on any atom is -0.471 e. The van der Waals surface area contributed by atoms with Crippen LogP contribution in [0.5, 0.6) is 5.75 Å². The minimum absolute atomic E-state index is 0.262. The van der Waals surface area contributed by atoms with Crippen molar-refractivity contribution in [2.45, 2.75) is 39.3 Å². The molecule has 1 unspecified atom stereocenters. The molecule has 0 fully saturated rings. The molecule has 0 saturated heterocycles. The lowest BCUT2D eigenvalue weighted by Crippen LogP contribution is -2.44. The first-order valence-electron chi connectivity index (χ1n) is 8.50. The van der Waals surface area contributed by atoms with Crippen LogP contribution in [0.1, 0.15) is 37.8 Å². The maximum atomic E-state index is 12.0. The van der Waals surface area contributed by atoms with Gasteiger partial charge in [0.1, 0.15) is 5.75 Å². The maximum Gasteiger partial charge on any atom is 0.317 e. The van der Waals surface area contributed by atoms with E-state index >= 15 is 0 Å². The lowest BCUT2D eigenvalue weighted by molar-refractivity contribution is 0.175. The van der Waals surface area contributed by atoms with Gasteiger partial charge in [0, 0.05) is 11.6 Å². The van der Waals surface area contributed by atoms with Crippen LogP contribution < -0.4 is 15.4 Å². The molecule has 2 aromatic rings. The first-order chi connectivity index (χ1) is 12.0. The maximum absolute atomic E-state index is 12.0. The van der Waals surface area contributed by atoms with Gasteiger partial charge in [0.2, 0.25) is 0 Å². The molecule has 0 aliphatic carbocycles. The highest BCUT2D eigenvalue weighted by atomic mass is 35.5. The van der Waals surface area contributed by atoms with Gasteiger partial charge >= 0.3 is 6.03 Å². The number of para-hydroxylation sites is 1. The zero-order valence-electron chi connectivity index (χ0n) is 14.9. The van der Waals surface area contributed by atoms with Gasteiger partial charge in [-0.1, -0.05) is 61.8 Å². The summed E-state index contributed by atoms with van der Waals surface area (Å²) in [7, 11) is 0. The van der Waals surface area contributed by atoms with Gasteiger partial charge in [-0.3, -0.25) is 0 Å². The molecule has 5 heteroatoms. The Morgan fingerprint density at radius 3 is 2.48 bits per heavy atom. The molecule has 2 rings (SSSR count). The number of hydrogen-bond donors (Lipinski definition) is 2. The van der Waals surface area contributed by atoms with Crippen LogP contribution in [0.15, 0.2) is 48.5 Å². The summed E-state index contributed by atoms with van der Waals surface area (Å²) >= 11 is 6.11. The molecule has 0 spiro atoms. The Bertz CT molecular complexity index is 704. The smallest absolute Gasteiger partial charge is 0.317 e. The zero-order chi connectivity index (χ0) is 18.2. The summed E-state index contributed by atoms with van der Waals surface area (Å²) in [5.74, 6) is 1.15. The molecule has 2 N–H and O–H groups in total. The molecule has 0 aromatic heterocycles. The van der Waals surface area contributed by atoms with Crippen molar-refractivity contribution in [2.75, 3.05) is 6.54 Å². The fraction of sp³-hybridized carbons (Fsp3) is 0.350. The standard InChI is InChI=1S/C20H25ClN2O2/c1-14(2)17-9-5-7-11-19(17)25-15(3)23-20(24)22-13-12-16-8-4-6-10-18(16)21/h4-11,14-15H,12-13H2,1-3H3,(H2,22,23,24). The van der Waals surface area contributed by atoms with Crippen molar-refractivity contribution >= 4 is 17.6 Å². The summed E-state index contributed by atoms with van der Waals surface area (Å²) in [6, 6.07) is 15.2. The number of urea groups is 1. The summed E-state index contributed by atoms with van der Waals surface area (Å²) in [5.41, 5.74) is 2.13. The molecular formula is C20H25ClN2O2. The first-order valence-corrected chi connectivity index (χ1v) is 8.88. The summed E-state index contributed by atoms with van der Waals surface area (Å²) in [6.45, 7) is 6.54. The summed E-state index contributed by atoms with van der Waals surface area (Å²) in [6.07, 6.45) is 0.249. The molecule has 0 radical (unpaired) electrons. The molecule has 0 saturated carbocycles. The van der Waals surface area contributed by atoms with Crippen LogP contribution in [0.3, 0.4) is 0 Å². The van der Waals surface area contributed by atoms with E-state index in [0.717, 1.165) is 16.9 Å². The SMILES string of the molecule is CC(NC(=O)NCCc1ccccc1Cl)Oc1ccccc1C(C)C. The van der Waals surface area contributed by atoms with Gasteiger partial charge in [0.05, 0.1) is 0 Å². The molecule has 2 aromatic carbocycles. The molecule has 0 aliphatic rings. The van der Waals surface area contributed by atoms with Crippen molar-refractivity contribution in [1.82, 2.24) is 10.6 Å². The van der Waals surface area contributed by atoms with Gasteiger partial charge in [-0.25, -0.2) is 4.79 Å². The Morgan fingerprint density at radius 1 is 1.08 bits per heavy atom. The van der Waals surface area contributed by atoms with Crippen LogP contribution in [0.2, 0.25) is 5.02 Å². The predicted octanol–water partition coefficient (Wildman–Crippen LogP) is 4.73. The number of amides is 2. The second kappa shape index (κ2) is 9.33. The number of halogens is 1. The summed E-state index contributed by atoms with van der Waals surface area (Å²) in [5, 5.41) is 6.33. The van der Waals surface area contributed by atoms with E-state index < -0.39 is 6.23 Å². The largest absolute Gasteiger partial charge is 0.471 e. The highest BCUT2D eigenvalue weighted by Crippen LogP contribution is 2.26. The van der Waals surface area contributed by atoms with E-state index in [4.69, 9.17) is 16.3 Å². The third-order valence-corrected chi connectivity index (χ3v) is 4.19. The first kappa shape index (κ1) is 19.1. The van der Waals surface area contributed by atoms with Crippen molar-refractivity contribution in [3.05, 3.63) is 64.7 Å². The number of benzene rings is 2. The van der Waals surface area contributed by atoms with Gasteiger partial charge in [-0.2, -0.15) is 0 Å². The van der Waals surface area contributed by atoms with Gasteiger partial charge < -0.3 is 15.4 Å². The van der Waals surface area contributed by atoms with E-state index in [-0.39, 0.29) is 6.03 Å². The number of hydrogen-bond acceptors (Lipinski definition) is 2. The Kier molecular flexibility index (Phi) is 7.14. The molecule has 0 heterocycles. The molecule has 25 heavy (non-hydrogen) atoms. The van der Waals surface area contributed by atoms with Crippen LogP contribution in [0.25, 0.3) is 0 Å². The van der Waals surface area contributed by atoms with E-state index in [9.17, 15) is 4.79 Å². The van der Waals surface area contributed by atoms with Gasteiger partial charge in [0.15, 0.2) is 6.23 Å². The Morgan fingerprint density at radius 2 is 1.76 bits per heavy atom. The Balaban J connectivity index is 1.80. The minimum atomic E-state index is -0.430. The number of nitrogens with one attached hydrogen (secondary N) is 2. The monoisotopic (exact) mass is 360 g/mol. The van der Waals surface area contributed by atoms with Crippen molar-refractivity contribution in [3.8, 4) is 5.75 Å². The Labute approximate surface area is 154 Å². The van der Waals surface area contributed by atoms with Crippen molar-refractivity contribution in [1.29, 1.82) is 0 Å². The average Bonchev–Trinajstić information content (AvgIpc) is 2.56. The fourth-order valence-corrected chi connectivity index (χ4v) is 2.76. The molecule has 0 bridgehead atoms. The highest BCUT2D eigenvalue weighted by molar-refractivity contribution is 6.31. The lowest BCUT2D eigenvalue weighted by Gasteiger charge is -2.20. The van der Waals surface area contributed by atoms with E-state index in [1.807, 2.05) is 55.5 Å². The van der Waals surface area contributed by atoms with Crippen molar-refractivity contribution < 1.29 is 9.53 Å². The van der Waals surface area contributed by atoms with Gasteiger partial charge in [0.25, 0.3) is 0 Å². The van der Waals surface area contributed by atoms with Crippen molar-refractivity contribution in [2.24, 2.45) is 0 Å². The normalized spacial score (nSPS) is 11.9. The molecular weight excluding hydrogens is 336 g/mol. The number of rotatable bonds is 7. The van der Waals surface area contributed by atoms with Crippen molar-refractivity contribution in [3.63, 3.8) is 0 Å². The van der Waals surface area contributed by atoms with Crippen LogP contribution in [-0.4, -0.2) is 18.8 Å². The predicted molar refractivity (Wildman–Crippen MR) is 102 cm³/mol. The average molecular weight is 361 g/mol. The van der Waals surface area contributed by atoms with Crippen LogP contribution in [0, 0.1) is 0 Å². The van der Waals surface area contributed by atoms with E-state index in [2.05, 4.69) is 24.5 Å². The second-order valence-corrected chi connectivity index (χ2v) is 6.60. The lowest BCUT2D eigenvalue weighted by atomic mass is 10.0. The molecule has 134 valence electrons. The third kappa shape index (κ3) is 5.98.